The summed E-state index contributed by atoms with van der Waals surface area (Å²) >= 11 is 6.18. The van der Waals surface area contributed by atoms with Gasteiger partial charge in [0.1, 0.15) is 12.7 Å². The molecule has 3 heterocycles. The molecule has 0 bridgehead atoms. The molecular weight excluding hydrogens is 532 g/mol. The van der Waals surface area contributed by atoms with E-state index >= 15 is 0 Å². The summed E-state index contributed by atoms with van der Waals surface area (Å²) in [5.41, 5.74) is 4.03. The van der Waals surface area contributed by atoms with Crippen LogP contribution in [-0.2, 0) is 30.7 Å². The van der Waals surface area contributed by atoms with Gasteiger partial charge in [0.2, 0.25) is 5.91 Å². The average molecular weight is 575 g/mol. The number of nitrogens with one attached hydrogen (secondary N) is 2. The van der Waals surface area contributed by atoms with Crippen molar-refractivity contribution in [3.63, 3.8) is 0 Å². The van der Waals surface area contributed by atoms with Crippen LogP contribution in [0.25, 0.3) is 0 Å². The van der Waals surface area contributed by atoms with E-state index in [0.29, 0.717) is 0 Å². The van der Waals surface area contributed by atoms with Crippen molar-refractivity contribution in [1.82, 2.24) is 30.3 Å². The van der Waals surface area contributed by atoms with Crippen LogP contribution in [0.5, 0.6) is 0 Å². The molecule has 1 saturated heterocycles. The van der Waals surface area contributed by atoms with Crippen molar-refractivity contribution in [2.75, 3.05) is 19.6 Å². The Bertz CT molecular complexity index is 1270. The Morgan fingerprint density at radius 3 is 2.54 bits per heavy atom. The Balaban J connectivity index is 1.13. The molecular formula is C33H43ClN6O. The van der Waals surface area contributed by atoms with Gasteiger partial charge in [0.15, 0.2) is 0 Å². The summed E-state index contributed by atoms with van der Waals surface area (Å²) in [6, 6.07) is 16.3. The van der Waals surface area contributed by atoms with Crippen LogP contribution in [0.15, 0.2) is 61.2 Å². The Morgan fingerprint density at radius 2 is 1.80 bits per heavy atom. The lowest BCUT2D eigenvalue weighted by molar-refractivity contribution is -0.124. The maximum atomic E-state index is 13.6. The van der Waals surface area contributed by atoms with Crippen LogP contribution in [-0.4, -0.2) is 57.3 Å². The Kier molecular flexibility index (Phi) is 9.04. The van der Waals surface area contributed by atoms with Gasteiger partial charge in [0, 0.05) is 30.7 Å². The van der Waals surface area contributed by atoms with Crippen LogP contribution in [0, 0.1) is 11.3 Å². The van der Waals surface area contributed by atoms with Gasteiger partial charge in [-0.05, 0) is 91.8 Å². The Hall–Kier alpha value is -2.74. The van der Waals surface area contributed by atoms with E-state index in [1.165, 1.54) is 61.6 Å². The van der Waals surface area contributed by atoms with Gasteiger partial charge in [-0.1, -0.05) is 67.3 Å². The molecule has 1 aliphatic carbocycles. The Morgan fingerprint density at radius 1 is 1.05 bits per heavy atom. The smallest absolute Gasteiger partial charge is 0.237 e. The predicted molar refractivity (Wildman–Crippen MR) is 163 cm³/mol. The van der Waals surface area contributed by atoms with E-state index in [1.54, 1.807) is 6.33 Å². The van der Waals surface area contributed by atoms with E-state index in [4.69, 9.17) is 11.6 Å². The van der Waals surface area contributed by atoms with Crippen molar-refractivity contribution >= 4 is 17.5 Å². The van der Waals surface area contributed by atoms with Gasteiger partial charge >= 0.3 is 0 Å². The van der Waals surface area contributed by atoms with Crippen molar-refractivity contribution in [2.45, 2.75) is 83.0 Å². The van der Waals surface area contributed by atoms with E-state index in [0.717, 1.165) is 56.5 Å². The molecule has 8 heteroatoms. The number of carbonyl (C=O) groups is 1. The van der Waals surface area contributed by atoms with Crippen LogP contribution in [0.3, 0.4) is 0 Å². The molecule has 1 saturated carbocycles. The maximum absolute atomic E-state index is 13.6. The van der Waals surface area contributed by atoms with Crippen molar-refractivity contribution in [1.29, 1.82) is 0 Å². The number of amides is 1. The second-order valence-electron chi connectivity index (χ2n) is 12.5. The first-order valence-electron chi connectivity index (χ1n) is 15.5. The van der Waals surface area contributed by atoms with Gasteiger partial charge in [-0.15, -0.1) is 0 Å². The fourth-order valence-electron chi connectivity index (χ4n) is 7.55. The molecule has 0 radical (unpaired) electrons. The lowest BCUT2D eigenvalue weighted by atomic mass is 9.63. The first-order valence-corrected chi connectivity index (χ1v) is 15.8. The summed E-state index contributed by atoms with van der Waals surface area (Å²) in [7, 11) is 0. The summed E-state index contributed by atoms with van der Waals surface area (Å²) in [4.78, 5) is 20.4. The lowest BCUT2D eigenvalue weighted by Crippen LogP contribution is -2.55. The molecule has 2 atom stereocenters. The van der Waals surface area contributed by atoms with Crippen LogP contribution < -0.4 is 10.6 Å². The SMILES string of the molecule is O=C(N[C@H](Cc1ccc(Cl)cc1)CN1CCC(Cn2cncn2)(C2CCCCC2)CC1)[C@@H]1Cc2ccccc2CN1. The van der Waals surface area contributed by atoms with Gasteiger partial charge in [-0.25, -0.2) is 4.98 Å². The van der Waals surface area contributed by atoms with Gasteiger partial charge in [0.25, 0.3) is 0 Å². The number of hydrogen-bond donors (Lipinski definition) is 2. The highest BCUT2D eigenvalue weighted by Gasteiger charge is 2.42. The highest BCUT2D eigenvalue weighted by Crippen LogP contribution is 2.47. The minimum Gasteiger partial charge on any atom is -0.350 e. The Labute approximate surface area is 249 Å². The van der Waals surface area contributed by atoms with Crippen LogP contribution in [0.2, 0.25) is 5.02 Å². The molecule has 2 aliphatic heterocycles. The second kappa shape index (κ2) is 13.1. The molecule has 7 nitrogen and oxygen atoms in total. The molecule has 3 aromatic rings. The topological polar surface area (TPSA) is 75.1 Å². The summed E-state index contributed by atoms with van der Waals surface area (Å²) in [6.07, 6.45) is 14.1. The minimum atomic E-state index is -0.208. The monoisotopic (exact) mass is 574 g/mol. The van der Waals surface area contributed by atoms with Gasteiger partial charge < -0.3 is 15.5 Å². The zero-order chi connectivity index (χ0) is 28.1. The third kappa shape index (κ3) is 7.02. The first-order chi connectivity index (χ1) is 20.1. The van der Waals surface area contributed by atoms with Crippen molar-refractivity contribution < 1.29 is 4.79 Å². The van der Waals surface area contributed by atoms with E-state index < -0.39 is 0 Å². The van der Waals surface area contributed by atoms with Gasteiger partial charge in [-0.3, -0.25) is 9.48 Å². The summed E-state index contributed by atoms with van der Waals surface area (Å²) in [6.45, 7) is 4.64. The number of likely N-dealkylation sites (tertiary alicyclic amines) is 1. The molecule has 6 rings (SSSR count). The fourth-order valence-corrected chi connectivity index (χ4v) is 7.67. The van der Waals surface area contributed by atoms with Crippen LogP contribution >= 0.6 is 11.6 Å². The van der Waals surface area contributed by atoms with Crippen LogP contribution in [0.4, 0.5) is 0 Å². The van der Waals surface area contributed by atoms with E-state index in [1.807, 2.05) is 18.5 Å². The number of halogens is 1. The van der Waals surface area contributed by atoms with Gasteiger partial charge in [-0.2, -0.15) is 5.10 Å². The number of carbonyl (C=O) groups excluding carboxylic acids is 1. The first kappa shape index (κ1) is 28.4. The molecule has 41 heavy (non-hydrogen) atoms. The number of piperidine rings is 1. The third-order valence-electron chi connectivity index (χ3n) is 9.88. The molecule has 0 unspecified atom stereocenters. The van der Waals surface area contributed by atoms with E-state index in [2.05, 4.69) is 66.7 Å². The third-order valence-corrected chi connectivity index (χ3v) is 10.1. The van der Waals surface area contributed by atoms with E-state index in [9.17, 15) is 4.79 Å². The molecule has 1 aromatic heterocycles. The number of hydrogen-bond acceptors (Lipinski definition) is 5. The maximum Gasteiger partial charge on any atom is 0.237 e. The molecule has 218 valence electrons. The second-order valence-corrected chi connectivity index (χ2v) is 13.0. The van der Waals surface area contributed by atoms with E-state index in [-0.39, 0.29) is 23.4 Å². The summed E-state index contributed by atoms with van der Waals surface area (Å²) in [5.74, 6) is 0.852. The van der Waals surface area contributed by atoms with Crippen molar-refractivity contribution in [2.24, 2.45) is 11.3 Å². The quantitative estimate of drug-likeness (QED) is 0.375. The standard InChI is InChI=1S/C33H43ClN6O/c34-29-12-10-25(11-13-29)18-30(38-32(41)31-19-26-6-4-5-7-27(26)20-36-31)21-39-16-14-33(15-17-39,22-40-24-35-23-37-40)28-8-2-1-3-9-28/h4-7,10-13,23-24,28,30-31,36H,1-3,8-9,14-22H2,(H,38,41)/t30-,31+/m1/s1. The summed E-state index contributed by atoms with van der Waals surface area (Å²) in [5, 5.41) is 12.1. The zero-order valence-corrected chi connectivity index (χ0v) is 24.7. The highest BCUT2D eigenvalue weighted by molar-refractivity contribution is 6.30. The van der Waals surface area contributed by atoms with Crippen molar-refractivity contribution in [3.8, 4) is 0 Å². The highest BCUT2D eigenvalue weighted by atomic mass is 35.5. The number of rotatable bonds is 9. The zero-order valence-electron chi connectivity index (χ0n) is 24.0. The fraction of sp³-hybridized carbons (Fsp3) is 0.545. The van der Waals surface area contributed by atoms with Gasteiger partial charge in [0.05, 0.1) is 6.04 Å². The molecule has 3 aliphatic rings. The lowest BCUT2D eigenvalue weighted by Gasteiger charge is -2.48. The van der Waals surface area contributed by atoms with Crippen molar-refractivity contribution in [3.05, 3.63) is 82.9 Å². The van der Waals surface area contributed by atoms with Crippen LogP contribution in [0.1, 0.15) is 61.6 Å². The molecule has 2 aromatic carbocycles. The normalized spacial score (nSPS) is 22.1. The summed E-state index contributed by atoms with van der Waals surface area (Å²) < 4.78 is 2.06. The largest absolute Gasteiger partial charge is 0.350 e. The molecule has 1 amide bonds. The average Bonchev–Trinajstić information content (AvgIpc) is 3.52. The number of aromatic nitrogens is 3. The molecule has 2 N–H and O–H groups in total. The number of benzene rings is 2. The minimum absolute atomic E-state index is 0.0279. The molecule has 0 spiro atoms. The number of fused-ring (bicyclic) bond motifs is 1. The molecule has 2 fully saturated rings. The predicted octanol–water partition coefficient (Wildman–Crippen LogP) is 5.04. The number of nitrogens with zero attached hydrogens (tertiary/aromatic N) is 4.